The van der Waals surface area contributed by atoms with Gasteiger partial charge in [-0.3, -0.25) is 9.59 Å². The molecule has 2 amide bonds. The Balaban J connectivity index is 1.95. The lowest BCUT2D eigenvalue weighted by Gasteiger charge is -2.29. The number of alkyl halides is 3. The predicted molar refractivity (Wildman–Crippen MR) is 99.1 cm³/mol. The summed E-state index contributed by atoms with van der Waals surface area (Å²) in [4.78, 5) is 24.1. The van der Waals surface area contributed by atoms with Gasteiger partial charge in [0, 0.05) is 19.6 Å². The van der Waals surface area contributed by atoms with Crippen LogP contribution >= 0.6 is 0 Å². The average Bonchev–Trinajstić information content (AvgIpc) is 2.66. The molecule has 0 aromatic heterocycles. The molecule has 0 spiro atoms. The number of rotatable bonds is 7. The van der Waals surface area contributed by atoms with Gasteiger partial charge in [0.15, 0.2) is 0 Å². The van der Waals surface area contributed by atoms with Crippen molar-refractivity contribution >= 4 is 21.8 Å². The summed E-state index contributed by atoms with van der Waals surface area (Å²) in [6.07, 6.45) is -5.08. The second-order valence-electron chi connectivity index (χ2n) is 6.68. The van der Waals surface area contributed by atoms with Gasteiger partial charge in [-0.05, 0) is 30.5 Å². The molecule has 2 N–H and O–H groups in total. The fraction of sp³-hybridized carbons (Fsp3) is 0.556. The Morgan fingerprint density at radius 1 is 1.17 bits per heavy atom. The van der Waals surface area contributed by atoms with E-state index in [0.717, 1.165) is 0 Å². The minimum Gasteiger partial charge on any atom is -0.351 e. The van der Waals surface area contributed by atoms with Crippen molar-refractivity contribution in [1.82, 2.24) is 14.9 Å². The lowest BCUT2D eigenvalue weighted by molar-refractivity contribution is -0.171. The first-order valence-electron chi connectivity index (χ1n) is 9.24. The van der Waals surface area contributed by atoms with E-state index in [9.17, 15) is 31.2 Å². The molecule has 7 nitrogen and oxygen atoms in total. The summed E-state index contributed by atoms with van der Waals surface area (Å²) in [6, 6.07) is 4.00. The van der Waals surface area contributed by atoms with Crippen LogP contribution in [0.15, 0.2) is 29.2 Å². The van der Waals surface area contributed by atoms with Crippen LogP contribution in [0.2, 0.25) is 0 Å². The van der Waals surface area contributed by atoms with E-state index < -0.39 is 40.0 Å². The van der Waals surface area contributed by atoms with Gasteiger partial charge in [0.2, 0.25) is 21.8 Å². The van der Waals surface area contributed by atoms with E-state index in [0.29, 0.717) is 18.7 Å². The number of nitrogens with zero attached hydrogens (tertiary/aromatic N) is 1. The molecule has 0 radical (unpaired) electrons. The Bertz CT molecular complexity index is 837. The summed E-state index contributed by atoms with van der Waals surface area (Å²) in [5, 5.41) is 4.35. The minimum atomic E-state index is -4.54. The SMILES string of the molecule is CCN(CC)S(=O)(=O)c1ccc(CNC(=O)C2CCC(C(F)(F)F)NC2=O)cc1. The second-order valence-corrected chi connectivity index (χ2v) is 8.62. The number of hydrogen-bond acceptors (Lipinski definition) is 4. The first kappa shape index (κ1) is 23.1. The minimum absolute atomic E-state index is 0.0247. The van der Waals surface area contributed by atoms with Gasteiger partial charge in [0.25, 0.3) is 0 Å². The third kappa shape index (κ3) is 5.47. The average molecular weight is 435 g/mol. The molecule has 11 heteroatoms. The Labute approximate surface area is 167 Å². The molecular formula is C18H24F3N3O4S. The number of carbonyl (C=O) groups is 2. The molecule has 1 aliphatic rings. The number of halogens is 3. The molecule has 2 atom stereocenters. The number of sulfonamides is 1. The lowest BCUT2D eigenvalue weighted by Crippen LogP contribution is -2.54. The van der Waals surface area contributed by atoms with E-state index in [2.05, 4.69) is 5.32 Å². The lowest BCUT2D eigenvalue weighted by atomic mass is 9.93. The molecule has 1 fully saturated rings. The van der Waals surface area contributed by atoms with E-state index in [1.54, 1.807) is 13.8 Å². The molecule has 1 aliphatic heterocycles. The first-order valence-corrected chi connectivity index (χ1v) is 10.7. The maximum absolute atomic E-state index is 12.7. The van der Waals surface area contributed by atoms with Gasteiger partial charge in [-0.1, -0.05) is 26.0 Å². The van der Waals surface area contributed by atoms with Crippen molar-refractivity contribution in [2.45, 2.75) is 50.3 Å². The third-order valence-corrected chi connectivity index (χ3v) is 6.89. The standard InChI is InChI=1S/C18H24F3N3O4S/c1-3-24(4-2)29(27,28)13-7-5-12(6-8-13)11-22-16(25)14-9-10-15(18(19,20)21)23-17(14)26/h5-8,14-15H,3-4,9-11H2,1-2H3,(H,22,25)(H,23,26). The predicted octanol–water partition coefficient (Wildman–Crippen LogP) is 1.79. The molecular weight excluding hydrogens is 411 g/mol. The van der Waals surface area contributed by atoms with E-state index >= 15 is 0 Å². The highest BCUT2D eigenvalue weighted by Crippen LogP contribution is 2.28. The summed E-state index contributed by atoms with van der Waals surface area (Å²) in [5.41, 5.74) is 0.598. The van der Waals surface area contributed by atoms with Crippen molar-refractivity contribution < 1.29 is 31.2 Å². The normalized spacial score (nSPS) is 20.4. The van der Waals surface area contributed by atoms with Gasteiger partial charge in [-0.2, -0.15) is 17.5 Å². The van der Waals surface area contributed by atoms with Crippen molar-refractivity contribution in [3.8, 4) is 0 Å². The zero-order valence-electron chi connectivity index (χ0n) is 16.1. The Morgan fingerprint density at radius 3 is 2.24 bits per heavy atom. The van der Waals surface area contributed by atoms with Gasteiger partial charge in [-0.15, -0.1) is 0 Å². The largest absolute Gasteiger partial charge is 0.408 e. The van der Waals surface area contributed by atoms with Gasteiger partial charge in [0.1, 0.15) is 12.0 Å². The van der Waals surface area contributed by atoms with Crippen LogP contribution in [0.3, 0.4) is 0 Å². The van der Waals surface area contributed by atoms with Gasteiger partial charge in [-0.25, -0.2) is 8.42 Å². The van der Waals surface area contributed by atoms with Crippen LogP contribution in [-0.2, 0) is 26.2 Å². The van der Waals surface area contributed by atoms with Crippen LogP contribution in [0.5, 0.6) is 0 Å². The van der Waals surface area contributed by atoms with Crippen molar-refractivity contribution in [3.05, 3.63) is 29.8 Å². The number of benzene rings is 1. The number of carbonyl (C=O) groups excluding carboxylic acids is 2. The molecule has 162 valence electrons. The van der Waals surface area contributed by atoms with Crippen LogP contribution < -0.4 is 10.6 Å². The van der Waals surface area contributed by atoms with Crippen molar-refractivity contribution in [3.63, 3.8) is 0 Å². The number of hydrogen-bond donors (Lipinski definition) is 2. The Kier molecular flexibility index (Phi) is 7.28. The molecule has 2 rings (SSSR count). The second kappa shape index (κ2) is 9.12. The van der Waals surface area contributed by atoms with Crippen LogP contribution in [0.1, 0.15) is 32.3 Å². The molecule has 1 aromatic rings. The summed E-state index contributed by atoms with van der Waals surface area (Å²) in [6.45, 7) is 4.19. The summed E-state index contributed by atoms with van der Waals surface area (Å²) >= 11 is 0. The van der Waals surface area contributed by atoms with Gasteiger partial charge < -0.3 is 10.6 Å². The van der Waals surface area contributed by atoms with Crippen LogP contribution in [-0.4, -0.2) is 49.8 Å². The Hall–Kier alpha value is -2.14. The first-order chi connectivity index (χ1) is 13.5. The summed E-state index contributed by atoms with van der Waals surface area (Å²) < 4.78 is 64.2. The highest BCUT2D eigenvalue weighted by atomic mass is 32.2. The highest BCUT2D eigenvalue weighted by Gasteiger charge is 2.45. The topological polar surface area (TPSA) is 95.6 Å². The zero-order chi connectivity index (χ0) is 21.8. The smallest absolute Gasteiger partial charge is 0.351 e. The zero-order valence-corrected chi connectivity index (χ0v) is 16.9. The fourth-order valence-corrected chi connectivity index (χ4v) is 4.57. The van der Waals surface area contributed by atoms with Gasteiger partial charge >= 0.3 is 6.18 Å². The molecule has 1 saturated heterocycles. The number of piperidine rings is 1. The molecule has 0 bridgehead atoms. The number of nitrogens with one attached hydrogen (secondary N) is 2. The van der Waals surface area contributed by atoms with Crippen molar-refractivity contribution in [2.75, 3.05) is 13.1 Å². The highest BCUT2D eigenvalue weighted by molar-refractivity contribution is 7.89. The summed E-state index contributed by atoms with van der Waals surface area (Å²) in [5.74, 6) is -2.80. The van der Waals surface area contributed by atoms with Crippen molar-refractivity contribution in [2.24, 2.45) is 5.92 Å². The molecule has 1 heterocycles. The molecule has 2 unspecified atom stereocenters. The van der Waals surface area contributed by atoms with E-state index in [1.165, 1.54) is 28.6 Å². The fourth-order valence-electron chi connectivity index (χ4n) is 3.11. The van der Waals surface area contributed by atoms with Crippen molar-refractivity contribution in [1.29, 1.82) is 0 Å². The Morgan fingerprint density at radius 2 is 1.76 bits per heavy atom. The number of amides is 2. The molecule has 29 heavy (non-hydrogen) atoms. The molecule has 0 aliphatic carbocycles. The van der Waals surface area contributed by atoms with E-state index in [4.69, 9.17) is 0 Å². The summed E-state index contributed by atoms with van der Waals surface area (Å²) in [7, 11) is -3.59. The maximum atomic E-state index is 12.7. The maximum Gasteiger partial charge on any atom is 0.408 e. The van der Waals surface area contributed by atoms with Gasteiger partial charge in [0.05, 0.1) is 4.90 Å². The molecule has 1 aromatic carbocycles. The van der Waals surface area contributed by atoms with E-state index in [1.807, 2.05) is 5.32 Å². The molecule has 0 saturated carbocycles. The third-order valence-electron chi connectivity index (χ3n) is 4.82. The monoisotopic (exact) mass is 435 g/mol. The van der Waals surface area contributed by atoms with E-state index in [-0.39, 0.29) is 24.3 Å². The van der Waals surface area contributed by atoms with Crippen LogP contribution in [0, 0.1) is 5.92 Å². The van der Waals surface area contributed by atoms with Crippen LogP contribution in [0.4, 0.5) is 13.2 Å². The van der Waals surface area contributed by atoms with Crippen LogP contribution in [0.25, 0.3) is 0 Å². The quantitative estimate of drug-likeness (QED) is 0.639.